The fourth-order valence-corrected chi connectivity index (χ4v) is 7.54. The molecule has 3 heterocycles. The molecular formula is C52H47IrN3O-2. The summed E-state index contributed by atoms with van der Waals surface area (Å²) in [6.45, 7) is 10.1. The maximum absolute atomic E-state index is 8.52. The predicted octanol–water partition coefficient (Wildman–Crippen LogP) is 14.3. The molecule has 57 heavy (non-hydrogen) atoms. The van der Waals surface area contributed by atoms with Crippen molar-refractivity contribution in [3.63, 3.8) is 0 Å². The molecule has 9 rings (SSSR count). The topological polar surface area (TPSA) is 43.9 Å². The minimum Gasteiger partial charge on any atom is -0.500 e. The monoisotopic (exact) mass is 926 g/mol. The summed E-state index contributed by atoms with van der Waals surface area (Å²) in [5.74, 6) is 0.690. The van der Waals surface area contributed by atoms with Crippen LogP contribution in [0.4, 0.5) is 0 Å². The fraction of sp³-hybridized carbons (Fsp3) is 0.192. The summed E-state index contributed by atoms with van der Waals surface area (Å²) in [5, 5.41) is 1.92. The van der Waals surface area contributed by atoms with Gasteiger partial charge in [-0.1, -0.05) is 137 Å². The molecule has 0 saturated carbocycles. The summed E-state index contributed by atoms with van der Waals surface area (Å²) in [6, 6.07) is 51.4. The summed E-state index contributed by atoms with van der Waals surface area (Å²) >= 11 is 0. The zero-order valence-electron chi connectivity index (χ0n) is 37.0. The van der Waals surface area contributed by atoms with Crippen LogP contribution in [0.1, 0.15) is 87.0 Å². The van der Waals surface area contributed by atoms with Crippen molar-refractivity contribution in [2.24, 2.45) is 0 Å². The van der Waals surface area contributed by atoms with Gasteiger partial charge >= 0.3 is 0 Å². The van der Waals surface area contributed by atoms with Crippen LogP contribution in [-0.4, -0.2) is 14.5 Å². The standard InChI is InChI=1S/C27H22NO.C25H25N2.Ir/c1-17(2)24-15-25(28-16-18(24)3)23-14-8-13-22-21-12-7-11-20(26(21)29-27(22)23)19-9-5-4-6-10-19;1-17(2)20-13-10-14-21(18(3)4)24(20)27-23-16-9-8-15-22(23)26-25(27)19-11-6-5-7-12-19;/h4-13,15-17H,1-3H3;5-11,13-18H,1-4H3;/q2*-1;/i3D3,17D;;. The number of benzene rings is 6. The van der Waals surface area contributed by atoms with Crippen LogP contribution >= 0.6 is 0 Å². The van der Waals surface area contributed by atoms with Crippen molar-refractivity contribution in [1.29, 1.82) is 0 Å². The summed E-state index contributed by atoms with van der Waals surface area (Å²) < 4.78 is 40.9. The third-order valence-electron chi connectivity index (χ3n) is 10.3. The quantitative estimate of drug-likeness (QED) is 0.150. The molecule has 0 atom stereocenters. The molecule has 3 aromatic heterocycles. The van der Waals surface area contributed by atoms with Crippen molar-refractivity contribution >= 4 is 33.0 Å². The van der Waals surface area contributed by atoms with Crippen LogP contribution in [0, 0.1) is 19.0 Å². The number of fused-ring (bicyclic) bond motifs is 4. The molecule has 0 saturated heterocycles. The minimum absolute atomic E-state index is 0. The first-order valence-electron chi connectivity index (χ1n) is 21.2. The summed E-state index contributed by atoms with van der Waals surface area (Å²) in [4.78, 5) is 9.45. The first-order valence-corrected chi connectivity index (χ1v) is 19.2. The second-order valence-corrected chi connectivity index (χ2v) is 15.0. The molecule has 0 aliphatic rings. The average Bonchev–Trinajstić information content (AvgIpc) is 3.82. The fourth-order valence-electron chi connectivity index (χ4n) is 7.54. The second kappa shape index (κ2) is 16.9. The Morgan fingerprint density at radius 1 is 0.684 bits per heavy atom. The smallest absolute Gasteiger partial charge is 0.128 e. The summed E-state index contributed by atoms with van der Waals surface area (Å²) in [7, 11) is 0. The molecule has 6 aromatic carbocycles. The molecule has 0 bridgehead atoms. The van der Waals surface area contributed by atoms with Crippen molar-refractivity contribution in [3.05, 3.63) is 174 Å². The van der Waals surface area contributed by atoms with E-state index in [1.54, 1.807) is 19.9 Å². The molecule has 0 N–H and O–H groups in total. The first kappa shape index (κ1) is 34.6. The van der Waals surface area contributed by atoms with E-state index >= 15 is 0 Å². The molecule has 0 fully saturated rings. The summed E-state index contributed by atoms with van der Waals surface area (Å²) in [5.41, 5.74) is 12.3. The number of hydrogen-bond acceptors (Lipinski definition) is 3. The molecule has 0 aliphatic heterocycles. The number of rotatable bonds is 7. The number of pyridine rings is 1. The molecule has 9 aromatic rings. The Morgan fingerprint density at radius 3 is 2.09 bits per heavy atom. The normalized spacial score (nSPS) is 12.8. The third kappa shape index (κ3) is 7.63. The zero-order valence-corrected chi connectivity index (χ0v) is 35.4. The van der Waals surface area contributed by atoms with Crippen LogP contribution < -0.4 is 0 Å². The van der Waals surface area contributed by atoms with Gasteiger partial charge in [0.15, 0.2) is 0 Å². The second-order valence-electron chi connectivity index (χ2n) is 15.0. The molecular weight excluding hydrogens is 875 g/mol. The van der Waals surface area contributed by atoms with Crippen molar-refractivity contribution in [2.45, 2.75) is 66.1 Å². The number of aromatic nitrogens is 3. The SMILES string of the molecule is CC(C)c1cccc(C(C)C)c1-n1c(-c2[c-]cccc2)nc2ccccc21.[2H]C([2H])([2H])c1cnc(-c2[c-]ccc3c2oc2c(-c4ccccc4)cccc23)cc1C([2H])(C)C.[Ir]. The largest absolute Gasteiger partial charge is 0.500 e. The van der Waals surface area contributed by atoms with Crippen molar-refractivity contribution in [2.75, 3.05) is 0 Å². The van der Waals surface area contributed by atoms with Crippen molar-refractivity contribution in [1.82, 2.24) is 14.5 Å². The van der Waals surface area contributed by atoms with Crippen molar-refractivity contribution < 1.29 is 30.0 Å². The minimum atomic E-state index is -2.35. The Hall–Kier alpha value is -5.61. The maximum atomic E-state index is 8.52. The van der Waals surface area contributed by atoms with Crippen LogP contribution in [0.3, 0.4) is 0 Å². The number of nitrogens with zero attached hydrogens (tertiary/aromatic N) is 3. The molecule has 287 valence electrons. The van der Waals surface area contributed by atoms with E-state index in [0.717, 1.165) is 49.9 Å². The van der Waals surface area contributed by atoms with Crippen LogP contribution in [0.5, 0.6) is 0 Å². The van der Waals surface area contributed by atoms with E-state index in [0.29, 0.717) is 34.2 Å². The van der Waals surface area contributed by atoms with Crippen molar-refractivity contribution in [3.8, 4) is 39.5 Å². The Kier molecular flexibility index (Phi) is 10.2. The van der Waals surface area contributed by atoms with Gasteiger partial charge in [0, 0.05) is 48.4 Å². The molecule has 1 radical (unpaired) electrons. The van der Waals surface area contributed by atoms with E-state index in [-0.39, 0.29) is 25.7 Å². The van der Waals surface area contributed by atoms with Gasteiger partial charge in [-0.25, -0.2) is 0 Å². The number of para-hydroxylation sites is 4. The number of hydrogen-bond donors (Lipinski definition) is 0. The average molecular weight is 926 g/mol. The van der Waals surface area contributed by atoms with Gasteiger partial charge in [-0.15, -0.1) is 54.1 Å². The predicted molar refractivity (Wildman–Crippen MR) is 234 cm³/mol. The van der Waals surface area contributed by atoms with Gasteiger partial charge in [-0.05, 0) is 70.2 Å². The Morgan fingerprint density at radius 2 is 1.39 bits per heavy atom. The Balaban J connectivity index is 0.000000185. The van der Waals surface area contributed by atoms with Crippen LogP contribution in [0.15, 0.2) is 144 Å². The van der Waals surface area contributed by atoms with E-state index < -0.39 is 12.7 Å². The maximum Gasteiger partial charge on any atom is 0.128 e. The van der Waals surface area contributed by atoms with Gasteiger partial charge in [0.05, 0.1) is 22.4 Å². The van der Waals surface area contributed by atoms with E-state index in [2.05, 4.69) is 97.9 Å². The first-order chi connectivity index (χ1) is 28.7. The van der Waals surface area contributed by atoms with Crippen LogP contribution in [0.25, 0.3) is 72.4 Å². The van der Waals surface area contributed by atoms with Crippen LogP contribution in [0.2, 0.25) is 0 Å². The van der Waals surface area contributed by atoms with Gasteiger partial charge in [0.2, 0.25) is 0 Å². The van der Waals surface area contributed by atoms with Gasteiger partial charge in [0.1, 0.15) is 5.58 Å². The molecule has 0 spiro atoms. The molecule has 0 unspecified atom stereocenters. The summed E-state index contributed by atoms with van der Waals surface area (Å²) in [6.07, 6.45) is 1.36. The van der Waals surface area contributed by atoms with Gasteiger partial charge < -0.3 is 14.0 Å². The zero-order chi connectivity index (χ0) is 42.3. The third-order valence-corrected chi connectivity index (χ3v) is 10.3. The van der Waals surface area contributed by atoms with Gasteiger partial charge in [-0.3, -0.25) is 4.98 Å². The Bertz CT molecular complexity index is 2940. The van der Waals surface area contributed by atoms with E-state index in [9.17, 15) is 0 Å². The number of furan rings is 1. The molecule has 0 aliphatic carbocycles. The van der Waals surface area contributed by atoms with E-state index in [1.165, 1.54) is 23.0 Å². The number of aryl methyl sites for hydroxylation is 1. The Labute approximate surface area is 355 Å². The van der Waals surface area contributed by atoms with E-state index in [4.69, 9.17) is 14.9 Å². The van der Waals surface area contributed by atoms with E-state index in [1.807, 2.05) is 78.9 Å². The molecule has 0 amide bonds. The molecule has 4 nitrogen and oxygen atoms in total. The number of imidazole rings is 1. The van der Waals surface area contributed by atoms with Gasteiger partial charge in [-0.2, -0.15) is 0 Å². The van der Waals surface area contributed by atoms with Gasteiger partial charge in [0.25, 0.3) is 0 Å². The van der Waals surface area contributed by atoms with Crippen LogP contribution in [-0.2, 0) is 20.1 Å². The molecule has 5 heteroatoms.